The molecular formula is C23H25N2O2+. The van der Waals surface area contributed by atoms with Gasteiger partial charge < -0.3 is 4.90 Å². The number of hydrogen-bond acceptors (Lipinski definition) is 2. The van der Waals surface area contributed by atoms with Crippen molar-refractivity contribution in [2.24, 2.45) is 11.8 Å². The van der Waals surface area contributed by atoms with E-state index in [1.165, 1.54) is 20.9 Å². The summed E-state index contributed by atoms with van der Waals surface area (Å²) in [6, 6.07) is 20.5. The van der Waals surface area contributed by atoms with Crippen LogP contribution in [0, 0.1) is 11.8 Å². The van der Waals surface area contributed by atoms with E-state index in [1.807, 2.05) is 48.6 Å². The summed E-state index contributed by atoms with van der Waals surface area (Å²) in [7, 11) is 0. The topological polar surface area (TPSA) is 41.8 Å². The number of hydrogen-bond donors (Lipinski definition) is 1. The summed E-state index contributed by atoms with van der Waals surface area (Å²) in [6.45, 7) is 1.98. The monoisotopic (exact) mass is 361 g/mol. The van der Waals surface area contributed by atoms with Crippen molar-refractivity contribution in [3.63, 3.8) is 0 Å². The number of quaternary nitrogens is 1. The number of amides is 2. The van der Waals surface area contributed by atoms with Gasteiger partial charge in [-0.15, -0.1) is 0 Å². The van der Waals surface area contributed by atoms with Gasteiger partial charge in [0.2, 0.25) is 11.8 Å². The van der Waals surface area contributed by atoms with Crippen molar-refractivity contribution in [3.05, 3.63) is 83.9 Å². The highest BCUT2D eigenvalue weighted by Gasteiger charge is 2.48. The van der Waals surface area contributed by atoms with Gasteiger partial charge in [-0.25, -0.2) is 4.90 Å². The standard InChI is InChI=1S/C23H24N2O2/c26-22-20-13-7-8-14-21(20)23(27)25(22)17-24(15-18-9-3-1-4-10-18)16-19-11-5-2-6-12-19/h1-12,20-21H,13-17H2/p+1/t20-,21-/m1/s1. The van der Waals surface area contributed by atoms with Crippen LogP contribution in [0.3, 0.4) is 0 Å². The summed E-state index contributed by atoms with van der Waals surface area (Å²) in [5.41, 5.74) is 2.42. The van der Waals surface area contributed by atoms with Gasteiger partial charge in [0.25, 0.3) is 0 Å². The molecule has 0 spiro atoms. The fourth-order valence-electron chi connectivity index (χ4n) is 4.19. The maximum atomic E-state index is 12.8. The van der Waals surface area contributed by atoms with Gasteiger partial charge in [-0.3, -0.25) is 9.59 Å². The zero-order valence-electron chi connectivity index (χ0n) is 15.4. The van der Waals surface area contributed by atoms with Crippen LogP contribution in [-0.2, 0) is 22.7 Å². The van der Waals surface area contributed by atoms with Gasteiger partial charge in [0.1, 0.15) is 13.1 Å². The Morgan fingerprint density at radius 3 is 1.63 bits per heavy atom. The average Bonchev–Trinajstić information content (AvgIpc) is 2.95. The minimum atomic E-state index is -0.155. The third kappa shape index (κ3) is 3.86. The molecule has 4 rings (SSSR count). The van der Waals surface area contributed by atoms with Crippen LogP contribution in [0.25, 0.3) is 0 Å². The zero-order valence-corrected chi connectivity index (χ0v) is 15.4. The molecule has 2 aromatic carbocycles. The average molecular weight is 361 g/mol. The van der Waals surface area contributed by atoms with Crippen LogP contribution < -0.4 is 4.90 Å². The molecule has 4 heteroatoms. The molecule has 1 heterocycles. The van der Waals surface area contributed by atoms with Crippen LogP contribution >= 0.6 is 0 Å². The third-order valence-electron chi connectivity index (χ3n) is 5.57. The first-order valence-electron chi connectivity index (χ1n) is 9.64. The van der Waals surface area contributed by atoms with E-state index in [2.05, 4.69) is 24.3 Å². The molecule has 0 radical (unpaired) electrons. The van der Waals surface area contributed by atoms with E-state index in [-0.39, 0.29) is 23.7 Å². The SMILES string of the molecule is O=C1[C@@H]2CC=CC[C@H]2C(=O)N1C[NH+](Cc1ccccc1)Cc1ccccc1. The van der Waals surface area contributed by atoms with Gasteiger partial charge in [-0.2, -0.15) is 0 Å². The predicted molar refractivity (Wildman–Crippen MR) is 103 cm³/mol. The number of nitrogens with one attached hydrogen (secondary N) is 1. The van der Waals surface area contributed by atoms with Gasteiger partial charge in [0.15, 0.2) is 6.67 Å². The number of nitrogens with zero attached hydrogens (tertiary/aromatic N) is 1. The molecule has 2 amide bonds. The number of likely N-dealkylation sites (tertiary alicyclic amines) is 1. The Labute approximate surface area is 160 Å². The van der Waals surface area contributed by atoms with Gasteiger partial charge in [0, 0.05) is 11.1 Å². The van der Waals surface area contributed by atoms with E-state index in [0.29, 0.717) is 19.5 Å². The zero-order chi connectivity index (χ0) is 18.6. The van der Waals surface area contributed by atoms with E-state index in [4.69, 9.17) is 0 Å². The number of fused-ring (bicyclic) bond motifs is 1. The lowest BCUT2D eigenvalue weighted by molar-refractivity contribution is -0.934. The predicted octanol–water partition coefficient (Wildman–Crippen LogP) is 2.18. The lowest BCUT2D eigenvalue weighted by Gasteiger charge is -2.24. The van der Waals surface area contributed by atoms with Crippen LogP contribution in [0.15, 0.2) is 72.8 Å². The van der Waals surface area contributed by atoms with Crippen molar-refractivity contribution < 1.29 is 14.5 Å². The largest absolute Gasteiger partial charge is 0.310 e. The van der Waals surface area contributed by atoms with Crippen LogP contribution in [0.2, 0.25) is 0 Å². The molecule has 2 atom stereocenters. The van der Waals surface area contributed by atoms with Gasteiger partial charge in [-0.05, 0) is 12.8 Å². The molecule has 2 aliphatic rings. The number of benzene rings is 2. The van der Waals surface area contributed by atoms with Gasteiger partial charge in [-0.1, -0.05) is 72.8 Å². The quantitative estimate of drug-likeness (QED) is 0.633. The highest BCUT2D eigenvalue weighted by molar-refractivity contribution is 6.05. The Hall–Kier alpha value is -2.72. The summed E-state index contributed by atoms with van der Waals surface area (Å²) < 4.78 is 0. The Morgan fingerprint density at radius 1 is 0.741 bits per heavy atom. The lowest BCUT2D eigenvalue weighted by Crippen LogP contribution is -3.11. The first kappa shape index (κ1) is 17.7. The molecule has 1 aliphatic carbocycles. The molecule has 0 saturated carbocycles. The number of imide groups is 1. The molecule has 2 aromatic rings. The van der Waals surface area contributed by atoms with Gasteiger partial charge in [0.05, 0.1) is 11.8 Å². The molecule has 0 unspecified atom stereocenters. The number of carbonyl (C=O) groups is 2. The van der Waals surface area contributed by atoms with Crippen molar-refractivity contribution in [3.8, 4) is 0 Å². The summed E-state index contributed by atoms with van der Waals surface area (Å²) in [5.74, 6) is -0.296. The third-order valence-corrected chi connectivity index (χ3v) is 5.57. The molecular weight excluding hydrogens is 336 g/mol. The van der Waals surface area contributed by atoms with Crippen molar-refractivity contribution in [1.29, 1.82) is 0 Å². The van der Waals surface area contributed by atoms with Crippen molar-refractivity contribution in [1.82, 2.24) is 4.90 Å². The summed E-state index contributed by atoms with van der Waals surface area (Å²) in [4.78, 5) is 28.4. The molecule has 138 valence electrons. The molecule has 1 N–H and O–H groups in total. The Balaban J connectivity index is 1.53. The maximum Gasteiger partial charge on any atom is 0.237 e. The molecule has 1 saturated heterocycles. The second-order valence-corrected chi connectivity index (χ2v) is 7.49. The minimum absolute atomic E-state index is 0.00738. The van der Waals surface area contributed by atoms with E-state index in [1.54, 1.807) is 0 Å². The molecule has 27 heavy (non-hydrogen) atoms. The fraction of sp³-hybridized carbons (Fsp3) is 0.304. The molecule has 1 fully saturated rings. The number of carbonyl (C=O) groups excluding carboxylic acids is 2. The normalized spacial score (nSPS) is 21.7. The first-order valence-corrected chi connectivity index (χ1v) is 9.64. The van der Waals surface area contributed by atoms with Crippen LogP contribution in [-0.4, -0.2) is 23.4 Å². The van der Waals surface area contributed by atoms with Crippen molar-refractivity contribution in [2.75, 3.05) is 6.67 Å². The summed E-state index contributed by atoms with van der Waals surface area (Å²) in [6.07, 6.45) is 5.46. The van der Waals surface area contributed by atoms with Crippen molar-refractivity contribution in [2.45, 2.75) is 25.9 Å². The highest BCUT2D eigenvalue weighted by Crippen LogP contribution is 2.34. The first-order chi connectivity index (χ1) is 13.2. The van der Waals surface area contributed by atoms with Crippen molar-refractivity contribution >= 4 is 11.8 Å². The van der Waals surface area contributed by atoms with E-state index >= 15 is 0 Å². The summed E-state index contributed by atoms with van der Waals surface area (Å²) >= 11 is 0. The Kier molecular flexibility index (Phi) is 5.16. The van der Waals surface area contributed by atoms with Gasteiger partial charge >= 0.3 is 0 Å². The molecule has 0 aromatic heterocycles. The van der Waals surface area contributed by atoms with E-state index < -0.39 is 0 Å². The second-order valence-electron chi connectivity index (χ2n) is 7.49. The maximum absolute atomic E-state index is 12.8. The Bertz CT molecular complexity index is 764. The van der Waals surface area contributed by atoms with Crippen LogP contribution in [0.5, 0.6) is 0 Å². The summed E-state index contributed by atoms with van der Waals surface area (Å²) in [5, 5.41) is 0. The number of rotatable bonds is 6. The van der Waals surface area contributed by atoms with E-state index in [0.717, 1.165) is 13.1 Å². The fourth-order valence-corrected chi connectivity index (χ4v) is 4.19. The van der Waals surface area contributed by atoms with Crippen LogP contribution in [0.1, 0.15) is 24.0 Å². The molecule has 0 bridgehead atoms. The Morgan fingerprint density at radius 2 is 1.19 bits per heavy atom. The molecule has 4 nitrogen and oxygen atoms in total. The highest BCUT2D eigenvalue weighted by atomic mass is 16.2. The lowest BCUT2D eigenvalue weighted by atomic mass is 9.85. The van der Waals surface area contributed by atoms with Crippen LogP contribution in [0.4, 0.5) is 0 Å². The second kappa shape index (κ2) is 7.89. The smallest absolute Gasteiger partial charge is 0.237 e. The molecule has 1 aliphatic heterocycles. The minimum Gasteiger partial charge on any atom is -0.310 e. The van der Waals surface area contributed by atoms with E-state index in [9.17, 15) is 9.59 Å². The number of allylic oxidation sites excluding steroid dienone is 2.